The molecule has 2 heterocycles. The normalized spacial score (nSPS) is 16.6. The predicted molar refractivity (Wildman–Crippen MR) is 118 cm³/mol. The molecule has 0 saturated carbocycles. The van der Waals surface area contributed by atoms with Crippen molar-refractivity contribution in [3.8, 4) is 11.5 Å². The van der Waals surface area contributed by atoms with Gasteiger partial charge in [0, 0.05) is 6.08 Å². The van der Waals surface area contributed by atoms with Crippen molar-refractivity contribution < 1.29 is 19.1 Å². The number of amides is 1. The topological polar surface area (TPSA) is 84.2 Å². The van der Waals surface area contributed by atoms with Crippen molar-refractivity contribution in [2.75, 3.05) is 13.2 Å². The van der Waals surface area contributed by atoms with Crippen LogP contribution in [-0.2, 0) is 9.63 Å². The quantitative estimate of drug-likeness (QED) is 0.562. The van der Waals surface area contributed by atoms with E-state index in [1.54, 1.807) is 19.1 Å². The van der Waals surface area contributed by atoms with Crippen LogP contribution in [0.1, 0.15) is 23.6 Å². The summed E-state index contributed by atoms with van der Waals surface area (Å²) in [5, 5.41) is 9.50. The van der Waals surface area contributed by atoms with E-state index >= 15 is 0 Å². The number of aliphatic imine (C=N–C) groups is 1. The molecule has 2 aliphatic heterocycles. The molecule has 0 radical (unpaired) electrons. The molecule has 0 aromatic heterocycles. The van der Waals surface area contributed by atoms with Crippen molar-refractivity contribution in [3.05, 3.63) is 76.6 Å². The molecule has 0 saturated heterocycles. The van der Waals surface area contributed by atoms with Gasteiger partial charge in [-0.25, -0.2) is 0 Å². The standard InChI is InChI=1S/C24H23N3O4/c1-15-4-5-16(2)21(12-15)30-11-10-29-19-8-6-18(7-9-19)14-20-23(25)27-22(26-24(20)28)13-17(3)31-27/h4-9,12-14,25H,10-11H2,1-3H3/b20-14+,25-23?. The van der Waals surface area contributed by atoms with Gasteiger partial charge in [-0.05, 0) is 61.7 Å². The van der Waals surface area contributed by atoms with E-state index in [1.165, 1.54) is 5.06 Å². The summed E-state index contributed by atoms with van der Waals surface area (Å²) in [5.41, 5.74) is 3.17. The predicted octanol–water partition coefficient (Wildman–Crippen LogP) is 4.21. The van der Waals surface area contributed by atoms with Crippen LogP contribution in [0, 0.1) is 19.3 Å². The number of amidine groups is 2. The minimum Gasteiger partial charge on any atom is -0.490 e. The minimum atomic E-state index is -0.463. The second-order valence-corrected chi connectivity index (χ2v) is 7.36. The molecular weight excluding hydrogens is 394 g/mol. The lowest BCUT2D eigenvalue weighted by atomic mass is 10.1. The molecule has 7 heteroatoms. The van der Waals surface area contributed by atoms with Gasteiger partial charge in [0.2, 0.25) is 0 Å². The van der Waals surface area contributed by atoms with Crippen molar-refractivity contribution in [2.24, 2.45) is 4.99 Å². The molecule has 4 rings (SSSR count). The summed E-state index contributed by atoms with van der Waals surface area (Å²) >= 11 is 0. The van der Waals surface area contributed by atoms with Crippen LogP contribution in [0.4, 0.5) is 0 Å². The van der Waals surface area contributed by atoms with Crippen LogP contribution in [-0.4, -0.2) is 35.9 Å². The molecule has 0 atom stereocenters. The second kappa shape index (κ2) is 8.47. The fraction of sp³-hybridized carbons (Fsp3) is 0.208. The van der Waals surface area contributed by atoms with Crippen LogP contribution in [0.3, 0.4) is 0 Å². The third-order valence-electron chi connectivity index (χ3n) is 4.82. The Labute approximate surface area is 180 Å². The first kappa shape index (κ1) is 20.4. The molecule has 0 spiro atoms. The number of carbonyl (C=O) groups excluding carboxylic acids is 1. The Bertz CT molecular complexity index is 1130. The van der Waals surface area contributed by atoms with E-state index in [1.807, 2.05) is 50.2 Å². The van der Waals surface area contributed by atoms with E-state index in [4.69, 9.17) is 19.7 Å². The first-order valence-corrected chi connectivity index (χ1v) is 9.93. The zero-order chi connectivity index (χ0) is 22.0. The van der Waals surface area contributed by atoms with Gasteiger partial charge >= 0.3 is 0 Å². The monoisotopic (exact) mass is 417 g/mol. The molecule has 0 fully saturated rings. The average molecular weight is 417 g/mol. The summed E-state index contributed by atoms with van der Waals surface area (Å²) in [5.74, 6) is 1.97. The number of fused-ring (bicyclic) bond motifs is 1. The van der Waals surface area contributed by atoms with Gasteiger partial charge in [0.1, 0.15) is 30.5 Å². The fourth-order valence-electron chi connectivity index (χ4n) is 3.20. The number of aryl methyl sites for hydroxylation is 2. The summed E-state index contributed by atoms with van der Waals surface area (Å²) in [6.07, 6.45) is 3.24. The number of nitrogens with zero attached hydrogens (tertiary/aromatic N) is 2. The van der Waals surface area contributed by atoms with E-state index in [0.717, 1.165) is 22.4 Å². The number of carbonyl (C=O) groups is 1. The number of benzene rings is 2. The van der Waals surface area contributed by atoms with Crippen molar-refractivity contribution in [1.29, 1.82) is 5.41 Å². The molecule has 2 aromatic carbocycles. The number of ether oxygens (including phenoxy) is 2. The summed E-state index contributed by atoms with van der Waals surface area (Å²) in [6.45, 7) is 6.63. The van der Waals surface area contributed by atoms with Crippen LogP contribution < -0.4 is 9.47 Å². The number of hydroxylamine groups is 2. The molecule has 1 amide bonds. The molecule has 31 heavy (non-hydrogen) atoms. The zero-order valence-electron chi connectivity index (χ0n) is 17.6. The second-order valence-electron chi connectivity index (χ2n) is 7.36. The molecule has 2 aromatic rings. The Hall–Kier alpha value is -3.87. The number of nitrogens with one attached hydrogen (secondary N) is 1. The first-order valence-electron chi connectivity index (χ1n) is 9.93. The highest BCUT2D eigenvalue weighted by molar-refractivity contribution is 6.32. The van der Waals surface area contributed by atoms with Gasteiger partial charge in [0.25, 0.3) is 5.91 Å². The molecule has 158 valence electrons. The van der Waals surface area contributed by atoms with Gasteiger partial charge < -0.3 is 14.3 Å². The molecule has 0 unspecified atom stereocenters. The zero-order valence-corrected chi connectivity index (χ0v) is 17.6. The molecule has 1 N–H and O–H groups in total. The van der Waals surface area contributed by atoms with Crippen molar-refractivity contribution >= 4 is 23.7 Å². The highest BCUT2D eigenvalue weighted by Crippen LogP contribution is 2.24. The van der Waals surface area contributed by atoms with E-state index < -0.39 is 5.91 Å². The first-order chi connectivity index (χ1) is 14.9. The average Bonchev–Trinajstić information content (AvgIpc) is 3.12. The smallest absolute Gasteiger partial charge is 0.282 e. The highest BCUT2D eigenvalue weighted by Gasteiger charge is 2.34. The maximum Gasteiger partial charge on any atom is 0.282 e. The van der Waals surface area contributed by atoms with Gasteiger partial charge in [-0.1, -0.05) is 24.3 Å². The summed E-state index contributed by atoms with van der Waals surface area (Å²) in [7, 11) is 0. The third kappa shape index (κ3) is 4.50. The van der Waals surface area contributed by atoms with E-state index in [2.05, 4.69) is 11.1 Å². The van der Waals surface area contributed by atoms with E-state index in [0.29, 0.717) is 30.6 Å². The van der Waals surface area contributed by atoms with Gasteiger partial charge in [0.05, 0.1) is 5.57 Å². The molecule has 7 nitrogen and oxygen atoms in total. The maximum absolute atomic E-state index is 12.3. The summed E-state index contributed by atoms with van der Waals surface area (Å²) < 4.78 is 11.5. The van der Waals surface area contributed by atoms with Gasteiger partial charge in [-0.2, -0.15) is 4.99 Å². The molecule has 0 aliphatic carbocycles. The SMILES string of the molecule is CC1=CC2=NC(=O)/C(=C/c3ccc(OCCOc4cc(C)ccc4C)cc3)C(=N)N2O1. The Morgan fingerprint density at radius 1 is 1.06 bits per heavy atom. The molecule has 0 bridgehead atoms. The van der Waals surface area contributed by atoms with E-state index in [9.17, 15) is 4.79 Å². The number of allylic oxidation sites excluding steroid dienone is 1. The Morgan fingerprint density at radius 2 is 1.81 bits per heavy atom. The van der Waals surface area contributed by atoms with Crippen LogP contribution >= 0.6 is 0 Å². The van der Waals surface area contributed by atoms with Crippen LogP contribution in [0.25, 0.3) is 6.08 Å². The van der Waals surface area contributed by atoms with Gasteiger partial charge in [-0.15, -0.1) is 5.06 Å². The van der Waals surface area contributed by atoms with E-state index in [-0.39, 0.29) is 11.4 Å². The van der Waals surface area contributed by atoms with Gasteiger partial charge in [-0.3, -0.25) is 10.2 Å². The number of hydrogen-bond donors (Lipinski definition) is 1. The van der Waals surface area contributed by atoms with Crippen molar-refractivity contribution in [1.82, 2.24) is 5.06 Å². The lowest BCUT2D eigenvalue weighted by Crippen LogP contribution is -2.38. The fourth-order valence-corrected chi connectivity index (χ4v) is 3.20. The minimum absolute atomic E-state index is 0.0352. The summed E-state index contributed by atoms with van der Waals surface area (Å²) in [4.78, 5) is 21.7. The highest BCUT2D eigenvalue weighted by atomic mass is 16.7. The van der Waals surface area contributed by atoms with Crippen LogP contribution in [0.2, 0.25) is 0 Å². The summed E-state index contributed by atoms with van der Waals surface area (Å²) in [6, 6.07) is 13.4. The number of hydrogen-bond acceptors (Lipinski definition) is 5. The largest absolute Gasteiger partial charge is 0.490 e. The lowest BCUT2D eigenvalue weighted by Gasteiger charge is -2.22. The van der Waals surface area contributed by atoms with Crippen molar-refractivity contribution in [2.45, 2.75) is 20.8 Å². The van der Waals surface area contributed by atoms with Gasteiger partial charge in [0.15, 0.2) is 11.7 Å². The van der Waals surface area contributed by atoms with Crippen LogP contribution in [0.15, 0.2) is 64.9 Å². The Kier molecular flexibility index (Phi) is 5.58. The third-order valence-corrected chi connectivity index (χ3v) is 4.82. The Balaban J connectivity index is 1.35. The molecule has 2 aliphatic rings. The Morgan fingerprint density at radius 3 is 2.58 bits per heavy atom. The van der Waals surface area contributed by atoms with Crippen molar-refractivity contribution in [3.63, 3.8) is 0 Å². The lowest BCUT2D eigenvalue weighted by molar-refractivity contribution is -0.114. The number of rotatable bonds is 6. The molecular formula is C24H23N3O4. The van der Waals surface area contributed by atoms with Crippen LogP contribution in [0.5, 0.6) is 11.5 Å². The maximum atomic E-state index is 12.3.